The molecule has 0 radical (unpaired) electrons. The lowest BCUT2D eigenvalue weighted by Gasteiger charge is -2.09. The van der Waals surface area contributed by atoms with Gasteiger partial charge in [-0.1, -0.05) is 31.9 Å². The fourth-order valence-electron chi connectivity index (χ4n) is 1.68. The molecule has 0 aliphatic rings. The molecule has 2 aromatic carbocycles. The normalized spacial score (nSPS) is 10.3. The number of nitro groups is 1. The second kappa shape index (κ2) is 6.69. The molecule has 20 heavy (non-hydrogen) atoms. The minimum absolute atomic E-state index is 0.0973. The van der Waals surface area contributed by atoms with Crippen LogP contribution in [0.3, 0.4) is 0 Å². The van der Waals surface area contributed by atoms with Gasteiger partial charge in [-0.2, -0.15) is 0 Å². The van der Waals surface area contributed by atoms with Crippen molar-refractivity contribution in [3.8, 4) is 0 Å². The predicted octanol–water partition coefficient (Wildman–Crippen LogP) is 5.49. The lowest BCUT2D eigenvalue weighted by Crippen LogP contribution is -2.03. The van der Waals surface area contributed by atoms with Gasteiger partial charge in [-0.15, -0.1) is 0 Å². The molecular formula is C13H9Br3N2O2. The smallest absolute Gasteiger partial charge is 0.275 e. The maximum atomic E-state index is 11.0. The van der Waals surface area contributed by atoms with Crippen LogP contribution in [0.15, 0.2) is 49.8 Å². The third-order valence-corrected chi connectivity index (χ3v) is 4.29. The van der Waals surface area contributed by atoms with Crippen LogP contribution in [-0.2, 0) is 6.54 Å². The van der Waals surface area contributed by atoms with Crippen LogP contribution in [0.25, 0.3) is 0 Å². The van der Waals surface area contributed by atoms with Crippen LogP contribution >= 0.6 is 47.8 Å². The number of rotatable bonds is 4. The topological polar surface area (TPSA) is 55.2 Å². The van der Waals surface area contributed by atoms with E-state index in [-0.39, 0.29) is 10.6 Å². The fourth-order valence-corrected chi connectivity index (χ4v) is 3.22. The number of hydrogen-bond acceptors (Lipinski definition) is 3. The molecule has 4 nitrogen and oxygen atoms in total. The summed E-state index contributed by atoms with van der Waals surface area (Å²) < 4.78 is 2.55. The first-order valence-electron chi connectivity index (χ1n) is 5.59. The average molecular weight is 465 g/mol. The quantitative estimate of drug-likeness (QED) is 0.480. The summed E-state index contributed by atoms with van der Waals surface area (Å²) in [6.45, 7) is 0.379. The van der Waals surface area contributed by atoms with E-state index in [1.165, 1.54) is 6.07 Å². The van der Waals surface area contributed by atoms with Gasteiger partial charge in [0.15, 0.2) is 0 Å². The summed E-state index contributed by atoms with van der Waals surface area (Å²) >= 11 is 10.1. The molecule has 0 unspecified atom stereocenters. The van der Waals surface area contributed by atoms with Crippen molar-refractivity contribution in [1.29, 1.82) is 0 Å². The van der Waals surface area contributed by atoms with Crippen molar-refractivity contribution in [1.82, 2.24) is 0 Å². The molecule has 2 rings (SSSR count). The van der Waals surface area contributed by atoms with E-state index < -0.39 is 0 Å². The molecule has 104 valence electrons. The Hall–Kier alpha value is -0.920. The molecule has 0 atom stereocenters. The molecule has 2 aromatic rings. The van der Waals surface area contributed by atoms with E-state index >= 15 is 0 Å². The van der Waals surface area contributed by atoms with E-state index in [9.17, 15) is 10.1 Å². The first-order valence-corrected chi connectivity index (χ1v) is 7.97. The average Bonchev–Trinajstić information content (AvgIpc) is 2.38. The number of nitro benzene ring substituents is 1. The van der Waals surface area contributed by atoms with Gasteiger partial charge in [0.2, 0.25) is 0 Å². The van der Waals surface area contributed by atoms with Crippen molar-refractivity contribution in [2.24, 2.45) is 0 Å². The number of anilines is 1. The van der Waals surface area contributed by atoms with Gasteiger partial charge in [0.05, 0.1) is 4.92 Å². The van der Waals surface area contributed by atoms with Crippen LogP contribution in [0, 0.1) is 10.1 Å². The molecular weight excluding hydrogens is 456 g/mol. The molecule has 0 amide bonds. The molecule has 0 heterocycles. The predicted molar refractivity (Wildman–Crippen MR) is 90.0 cm³/mol. The van der Waals surface area contributed by atoms with Crippen LogP contribution in [0.1, 0.15) is 5.56 Å². The van der Waals surface area contributed by atoms with E-state index in [2.05, 4.69) is 53.1 Å². The maximum absolute atomic E-state index is 11.0. The Labute approximate surface area is 141 Å². The second-order valence-corrected chi connectivity index (χ2v) is 6.69. The third kappa shape index (κ3) is 3.80. The highest BCUT2D eigenvalue weighted by Gasteiger charge is 2.14. The van der Waals surface area contributed by atoms with Gasteiger partial charge in [-0.3, -0.25) is 10.1 Å². The molecule has 7 heteroatoms. The zero-order valence-electron chi connectivity index (χ0n) is 10.1. The monoisotopic (exact) mass is 462 g/mol. The van der Waals surface area contributed by atoms with Crippen LogP contribution < -0.4 is 5.32 Å². The standard InChI is InChI=1S/C13H9Br3N2O2/c14-9-3-4-12(11(16)5-9)17-7-8-1-2-10(15)6-13(8)18(19)20/h1-6,17H,7H2. The molecule has 0 fully saturated rings. The highest BCUT2D eigenvalue weighted by atomic mass is 79.9. The highest BCUT2D eigenvalue weighted by Crippen LogP contribution is 2.28. The maximum Gasteiger partial charge on any atom is 0.275 e. The van der Waals surface area contributed by atoms with E-state index in [0.29, 0.717) is 16.6 Å². The summed E-state index contributed by atoms with van der Waals surface area (Å²) in [7, 11) is 0. The van der Waals surface area contributed by atoms with Crippen molar-refractivity contribution in [2.45, 2.75) is 6.54 Å². The van der Waals surface area contributed by atoms with Gasteiger partial charge in [0.25, 0.3) is 5.69 Å². The van der Waals surface area contributed by atoms with Crippen molar-refractivity contribution >= 4 is 59.2 Å². The van der Waals surface area contributed by atoms with Crippen LogP contribution in [0.5, 0.6) is 0 Å². The van der Waals surface area contributed by atoms with Crippen LogP contribution in [0.2, 0.25) is 0 Å². The zero-order chi connectivity index (χ0) is 14.7. The van der Waals surface area contributed by atoms with Gasteiger partial charge in [-0.25, -0.2) is 0 Å². The molecule has 1 N–H and O–H groups in total. The molecule has 0 aromatic heterocycles. The fraction of sp³-hybridized carbons (Fsp3) is 0.0769. The van der Waals surface area contributed by atoms with Crippen LogP contribution in [0.4, 0.5) is 11.4 Å². The Morgan fingerprint density at radius 3 is 2.35 bits per heavy atom. The molecule has 0 aliphatic carbocycles. The number of benzene rings is 2. The van der Waals surface area contributed by atoms with Crippen molar-refractivity contribution in [2.75, 3.05) is 5.32 Å². The summed E-state index contributed by atoms with van der Waals surface area (Å²) in [5, 5.41) is 14.2. The number of hydrogen-bond donors (Lipinski definition) is 1. The summed E-state index contributed by atoms with van der Waals surface area (Å²) in [6.07, 6.45) is 0. The Bertz CT molecular complexity index is 662. The van der Waals surface area contributed by atoms with Crippen molar-refractivity contribution < 1.29 is 4.92 Å². The Morgan fingerprint density at radius 1 is 1.05 bits per heavy atom. The Morgan fingerprint density at radius 2 is 1.70 bits per heavy atom. The first-order chi connectivity index (χ1) is 9.47. The van der Waals surface area contributed by atoms with E-state index in [0.717, 1.165) is 14.6 Å². The van der Waals surface area contributed by atoms with Gasteiger partial charge in [0.1, 0.15) is 0 Å². The highest BCUT2D eigenvalue weighted by molar-refractivity contribution is 9.11. The second-order valence-electron chi connectivity index (χ2n) is 4.01. The van der Waals surface area contributed by atoms with Gasteiger partial charge < -0.3 is 5.32 Å². The Balaban J connectivity index is 2.20. The van der Waals surface area contributed by atoms with Crippen molar-refractivity contribution in [3.63, 3.8) is 0 Å². The summed E-state index contributed by atoms with van der Waals surface area (Å²) in [5.74, 6) is 0. The van der Waals surface area contributed by atoms with Crippen LogP contribution in [-0.4, -0.2) is 4.92 Å². The van der Waals surface area contributed by atoms with E-state index in [1.807, 2.05) is 18.2 Å². The van der Waals surface area contributed by atoms with Gasteiger partial charge >= 0.3 is 0 Å². The number of halogens is 3. The summed E-state index contributed by atoms with van der Waals surface area (Å²) in [6, 6.07) is 10.8. The third-order valence-electron chi connectivity index (χ3n) is 2.64. The molecule has 0 aliphatic heterocycles. The zero-order valence-corrected chi connectivity index (χ0v) is 14.8. The van der Waals surface area contributed by atoms with Crippen molar-refractivity contribution in [3.05, 3.63) is 65.5 Å². The minimum Gasteiger partial charge on any atom is -0.380 e. The van der Waals surface area contributed by atoms with Gasteiger partial charge in [-0.05, 0) is 46.3 Å². The van der Waals surface area contributed by atoms with E-state index in [4.69, 9.17) is 0 Å². The molecule has 0 bridgehead atoms. The van der Waals surface area contributed by atoms with E-state index in [1.54, 1.807) is 12.1 Å². The SMILES string of the molecule is O=[N+]([O-])c1cc(Br)ccc1CNc1ccc(Br)cc1Br. The Kier molecular flexibility index (Phi) is 5.17. The van der Waals surface area contributed by atoms with Gasteiger partial charge in [0, 0.05) is 37.3 Å². The summed E-state index contributed by atoms with van der Waals surface area (Å²) in [4.78, 5) is 10.7. The molecule has 0 saturated carbocycles. The lowest BCUT2D eigenvalue weighted by atomic mass is 10.2. The molecule has 0 saturated heterocycles. The number of nitrogens with one attached hydrogen (secondary N) is 1. The summed E-state index contributed by atoms with van der Waals surface area (Å²) in [5.41, 5.74) is 1.61. The largest absolute Gasteiger partial charge is 0.380 e. The molecule has 0 spiro atoms. The number of nitrogens with zero attached hydrogens (tertiary/aromatic N) is 1. The minimum atomic E-state index is -0.377. The first kappa shape index (κ1) is 15.5. The lowest BCUT2D eigenvalue weighted by molar-refractivity contribution is -0.385.